The second kappa shape index (κ2) is 8.01. The third-order valence-electron chi connectivity index (χ3n) is 4.42. The van der Waals surface area contributed by atoms with Crippen LogP contribution in [0.3, 0.4) is 0 Å². The summed E-state index contributed by atoms with van der Waals surface area (Å²) in [5.41, 5.74) is -1.92. The number of carboxylic acids is 1. The van der Waals surface area contributed by atoms with Crippen LogP contribution in [0.2, 0.25) is 0 Å². The molecule has 1 saturated carbocycles. The van der Waals surface area contributed by atoms with E-state index in [2.05, 4.69) is 10.4 Å². The van der Waals surface area contributed by atoms with Gasteiger partial charge in [-0.05, 0) is 37.1 Å². The molecule has 2 aromatic rings. The fourth-order valence-corrected chi connectivity index (χ4v) is 3.11. The Morgan fingerprint density at radius 3 is 2.43 bits per heavy atom. The molecule has 0 atom stereocenters. The van der Waals surface area contributed by atoms with Gasteiger partial charge in [0.25, 0.3) is 0 Å². The summed E-state index contributed by atoms with van der Waals surface area (Å²) in [4.78, 5) is 23.0. The smallest absolute Gasteiger partial charge is 0.434 e. The maximum Gasteiger partial charge on any atom is 0.434 e. The molecule has 7 nitrogen and oxygen atoms in total. The van der Waals surface area contributed by atoms with E-state index in [1.54, 1.807) is 0 Å². The van der Waals surface area contributed by atoms with Gasteiger partial charge in [0, 0.05) is 5.69 Å². The molecule has 0 unspecified atom stereocenters. The number of amides is 1. The van der Waals surface area contributed by atoms with E-state index in [0.29, 0.717) is 16.6 Å². The van der Waals surface area contributed by atoms with Gasteiger partial charge in [0.15, 0.2) is 5.69 Å². The molecule has 3 rings (SSSR count). The number of carboxylic acid groups (broad SMARTS) is 1. The van der Waals surface area contributed by atoms with Crippen LogP contribution in [0.1, 0.15) is 41.7 Å². The molecule has 1 amide bonds. The van der Waals surface area contributed by atoms with Gasteiger partial charge in [-0.15, -0.1) is 0 Å². The SMILES string of the molecule is O=C(COC1CCCC1)Nc1ccc(-n2ncc(C(=O)O)c2C(F)(F)F)cc1. The van der Waals surface area contributed by atoms with E-state index < -0.39 is 23.4 Å². The van der Waals surface area contributed by atoms with Crippen LogP contribution in [0.4, 0.5) is 18.9 Å². The first-order chi connectivity index (χ1) is 13.3. The second-order valence-electron chi connectivity index (χ2n) is 6.43. The Morgan fingerprint density at radius 2 is 1.86 bits per heavy atom. The lowest BCUT2D eigenvalue weighted by Gasteiger charge is -2.13. The van der Waals surface area contributed by atoms with Crippen LogP contribution in [-0.4, -0.2) is 39.5 Å². The number of aromatic nitrogens is 2. The normalized spacial score (nSPS) is 15.0. The van der Waals surface area contributed by atoms with Crippen molar-refractivity contribution in [2.75, 3.05) is 11.9 Å². The summed E-state index contributed by atoms with van der Waals surface area (Å²) in [6.45, 7) is -0.0915. The van der Waals surface area contributed by atoms with Crippen LogP contribution in [0.15, 0.2) is 30.5 Å². The summed E-state index contributed by atoms with van der Waals surface area (Å²) < 4.78 is 45.8. The summed E-state index contributed by atoms with van der Waals surface area (Å²) >= 11 is 0. The molecule has 0 aliphatic heterocycles. The average molecular weight is 397 g/mol. The summed E-state index contributed by atoms with van der Waals surface area (Å²) in [7, 11) is 0. The number of nitrogens with one attached hydrogen (secondary N) is 1. The number of rotatable bonds is 6. The van der Waals surface area contributed by atoms with Gasteiger partial charge in [0.1, 0.15) is 12.2 Å². The van der Waals surface area contributed by atoms with E-state index in [1.165, 1.54) is 24.3 Å². The Kier molecular flexibility index (Phi) is 5.68. The van der Waals surface area contributed by atoms with Gasteiger partial charge in [-0.1, -0.05) is 12.8 Å². The van der Waals surface area contributed by atoms with Crippen molar-refractivity contribution in [1.82, 2.24) is 9.78 Å². The van der Waals surface area contributed by atoms with E-state index in [4.69, 9.17) is 9.84 Å². The van der Waals surface area contributed by atoms with Crippen molar-refractivity contribution in [3.63, 3.8) is 0 Å². The molecular formula is C18H18F3N3O4. The molecule has 0 spiro atoms. The van der Waals surface area contributed by atoms with Gasteiger partial charge in [-0.25, -0.2) is 9.48 Å². The monoisotopic (exact) mass is 397 g/mol. The highest BCUT2D eigenvalue weighted by Crippen LogP contribution is 2.33. The largest absolute Gasteiger partial charge is 0.478 e. The van der Waals surface area contributed by atoms with E-state index in [-0.39, 0.29) is 24.3 Å². The highest BCUT2D eigenvalue weighted by atomic mass is 19.4. The lowest BCUT2D eigenvalue weighted by Crippen LogP contribution is -2.22. The number of ether oxygens (including phenoxy) is 1. The van der Waals surface area contributed by atoms with E-state index in [1.807, 2.05) is 0 Å². The molecule has 2 N–H and O–H groups in total. The number of halogens is 3. The predicted molar refractivity (Wildman–Crippen MR) is 92.4 cm³/mol. The number of nitrogens with zero attached hydrogens (tertiary/aromatic N) is 2. The number of hydrogen-bond acceptors (Lipinski definition) is 4. The number of carbonyl (C=O) groups is 2. The molecule has 0 saturated heterocycles. The van der Waals surface area contributed by atoms with E-state index in [0.717, 1.165) is 25.7 Å². The first kappa shape index (κ1) is 19.9. The van der Waals surface area contributed by atoms with Gasteiger partial charge in [0.05, 0.1) is 18.0 Å². The number of carbonyl (C=O) groups excluding carboxylic acids is 1. The molecule has 150 valence electrons. The summed E-state index contributed by atoms with van der Waals surface area (Å²) in [6.07, 6.45) is -0.0972. The highest BCUT2D eigenvalue weighted by Gasteiger charge is 2.40. The Balaban J connectivity index is 1.71. The maximum atomic E-state index is 13.3. The zero-order chi connectivity index (χ0) is 20.3. The van der Waals surface area contributed by atoms with Crippen LogP contribution in [-0.2, 0) is 15.7 Å². The summed E-state index contributed by atoms with van der Waals surface area (Å²) in [6, 6.07) is 5.43. The minimum Gasteiger partial charge on any atom is -0.478 e. The van der Waals surface area contributed by atoms with Crippen molar-refractivity contribution in [3.8, 4) is 5.69 Å². The van der Waals surface area contributed by atoms with Crippen LogP contribution in [0.25, 0.3) is 5.69 Å². The third kappa shape index (κ3) is 4.50. The number of aromatic carboxylic acids is 1. The molecule has 0 radical (unpaired) electrons. The van der Waals surface area contributed by atoms with Crippen LogP contribution in [0, 0.1) is 0 Å². The Labute approximate surface area is 158 Å². The van der Waals surface area contributed by atoms with Crippen LogP contribution >= 0.6 is 0 Å². The molecule has 1 heterocycles. The van der Waals surface area contributed by atoms with Crippen LogP contribution in [0.5, 0.6) is 0 Å². The van der Waals surface area contributed by atoms with Crippen molar-refractivity contribution in [3.05, 3.63) is 41.7 Å². The van der Waals surface area contributed by atoms with Crippen molar-refractivity contribution in [1.29, 1.82) is 0 Å². The Morgan fingerprint density at radius 1 is 1.21 bits per heavy atom. The van der Waals surface area contributed by atoms with Crippen molar-refractivity contribution in [2.24, 2.45) is 0 Å². The summed E-state index contributed by atoms with van der Waals surface area (Å²) in [5.74, 6) is -2.08. The van der Waals surface area contributed by atoms with Gasteiger partial charge in [-0.2, -0.15) is 18.3 Å². The number of anilines is 1. The molecule has 28 heavy (non-hydrogen) atoms. The second-order valence-corrected chi connectivity index (χ2v) is 6.43. The molecule has 0 bridgehead atoms. The first-order valence-electron chi connectivity index (χ1n) is 8.66. The Hall–Kier alpha value is -2.88. The lowest BCUT2D eigenvalue weighted by molar-refractivity contribution is -0.143. The number of alkyl halides is 3. The van der Waals surface area contributed by atoms with E-state index >= 15 is 0 Å². The fraction of sp³-hybridized carbons (Fsp3) is 0.389. The standard InChI is InChI=1S/C18H18F3N3O4/c19-18(20,21)16-14(17(26)27)9-22-24(16)12-7-5-11(6-8-12)23-15(25)10-28-13-3-1-2-4-13/h5-9,13H,1-4,10H2,(H,23,25)(H,26,27). The molecule has 1 fully saturated rings. The van der Waals surface area contributed by atoms with Gasteiger partial charge >= 0.3 is 12.1 Å². The minimum absolute atomic E-state index is 0.0139. The average Bonchev–Trinajstić information content (AvgIpc) is 3.30. The minimum atomic E-state index is -4.89. The molecular weight excluding hydrogens is 379 g/mol. The van der Waals surface area contributed by atoms with Gasteiger partial charge < -0.3 is 15.2 Å². The molecule has 1 aliphatic carbocycles. The maximum absolute atomic E-state index is 13.3. The van der Waals surface area contributed by atoms with Crippen molar-refractivity contribution < 1.29 is 32.6 Å². The summed E-state index contributed by atoms with van der Waals surface area (Å²) in [5, 5.41) is 15.1. The predicted octanol–water partition coefficient (Wildman–Crippen LogP) is 3.49. The quantitative estimate of drug-likeness (QED) is 0.778. The number of hydrogen-bond donors (Lipinski definition) is 2. The van der Waals surface area contributed by atoms with Gasteiger partial charge in [0.2, 0.25) is 5.91 Å². The van der Waals surface area contributed by atoms with Gasteiger partial charge in [-0.3, -0.25) is 4.79 Å². The van der Waals surface area contributed by atoms with Crippen molar-refractivity contribution >= 4 is 17.6 Å². The van der Waals surface area contributed by atoms with Crippen molar-refractivity contribution in [2.45, 2.75) is 38.0 Å². The molecule has 1 aliphatic rings. The zero-order valence-electron chi connectivity index (χ0n) is 14.7. The van der Waals surface area contributed by atoms with E-state index in [9.17, 15) is 22.8 Å². The zero-order valence-corrected chi connectivity index (χ0v) is 14.7. The Bertz CT molecular complexity index is 856. The highest BCUT2D eigenvalue weighted by molar-refractivity contribution is 5.92. The first-order valence-corrected chi connectivity index (χ1v) is 8.66. The molecule has 1 aromatic carbocycles. The third-order valence-corrected chi connectivity index (χ3v) is 4.42. The fourth-order valence-electron chi connectivity index (χ4n) is 3.11. The number of benzene rings is 1. The van der Waals surface area contributed by atoms with Crippen LogP contribution < -0.4 is 5.32 Å². The topological polar surface area (TPSA) is 93.5 Å². The molecule has 1 aromatic heterocycles. The lowest BCUT2D eigenvalue weighted by atomic mass is 10.2. The molecule has 10 heteroatoms.